The number of morpholine rings is 1. The average Bonchev–Trinajstić information content (AvgIpc) is 3.09. The molecule has 2 aliphatic rings. The molecule has 2 fully saturated rings. The highest BCUT2D eigenvalue weighted by atomic mass is 16.5. The highest BCUT2D eigenvalue weighted by molar-refractivity contribution is 5.99. The van der Waals surface area contributed by atoms with E-state index in [9.17, 15) is 4.79 Å². The zero-order valence-corrected chi connectivity index (χ0v) is 17.4. The number of fused-ring (bicyclic) bond motifs is 1. The van der Waals surface area contributed by atoms with Gasteiger partial charge in [0.1, 0.15) is 5.82 Å². The Morgan fingerprint density at radius 2 is 1.86 bits per heavy atom. The zero-order chi connectivity index (χ0) is 19.7. The molecule has 0 atom stereocenters. The summed E-state index contributed by atoms with van der Waals surface area (Å²) in [6, 6.07) is 5.98. The fourth-order valence-electron chi connectivity index (χ4n) is 4.34. The molecule has 4 rings (SSSR count). The molecule has 6 heteroatoms. The lowest BCUT2D eigenvalue weighted by Crippen LogP contribution is -2.44. The normalized spacial score (nSPS) is 20.0. The van der Waals surface area contributed by atoms with Crippen LogP contribution in [-0.2, 0) is 10.2 Å². The number of piperidine rings is 1. The molecule has 0 aromatic carbocycles. The molecule has 28 heavy (non-hydrogen) atoms. The summed E-state index contributed by atoms with van der Waals surface area (Å²) in [5, 5.41) is 0. The van der Waals surface area contributed by atoms with Gasteiger partial charge in [0.05, 0.1) is 18.7 Å². The van der Waals surface area contributed by atoms with Crippen molar-refractivity contribution in [2.75, 3.05) is 45.9 Å². The summed E-state index contributed by atoms with van der Waals surface area (Å²) in [7, 11) is 0. The Bertz CT molecular complexity index is 825. The van der Waals surface area contributed by atoms with E-state index in [1.807, 2.05) is 29.3 Å². The lowest BCUT2D eigenvalue weighted by molar-refractivity contribution is 0.0242. The number of rotatable bonds is 3. The highest BCUT2D eigenvalue weighted by Crippen LogP contribution is 2.27. The van der Waals surface area contributed by atoms with E-state index in [-0.39, 0.29) is 11.3 Å². The van der Waals surface area contributed by atoms with Crippen molar-refractivity contribution in [2.45, 2.75) is 39.0 Å². The van der Waals surface area contributed by atoms with Gasteiger partial charge in [-0.05, 0) is 30.9 Å². The van der Waals surface area contributed by atoms with Gasteiger partial charge in [0.15, 0.2) is 5.69 Å². The minimum Gasteiger partial charge on any atom is -0.379 e. The molecule has 0 radical (unpaired) electrons. The summed E-state index contributed by atoms with van der Waals surface area (Å²) in [4.78, 5) is 22.6. The van der Waals surface area contributed by atoms with E-state index >= 15 is 0 Å². The van der Waals surface area contributed by atoms with Crippen LogP contribution in [0.15, 0.2) is 24.4 Å². The molecular weight excluding hydrogens is 352 g/mol. The summed E-state index contributed by atoms with van der Waals surface area (Å²) < 4.78 is 7.51. The third-order valence-electron chi connectivity index (χ3n) is 5.94. The minimum atomic E-state index is -0.117. The summed E-state index contributed by atoms with van der Waals surface area (Å²) >= 11 is 0. The van der Waals surface area contributed by atoms with Gasteiger partial charge in [-0.25, -0.2) is 4.98 Å². The lowest BCUT2D eigenvalue weighted by Gasteiger charge is -2.35. The second-order valence-electron chi connectivity index (χ2n) is 9.14. The van der Waals surface area contributed by atoms with E-state index in [0.717, 1.165) is 70.1 Å². The van der Waals surface area contributed by atoms with Gasteiger partial charge in [0.2, 0.25) is 0 Å². The van der Waals surface area contributed by atoms with E-state index in [0.29, 0.717) is 11.6 Å². The number of imidazole rings is 1. The minimum absolute atomic E-state index is 0.0732. The SMILES string of the molecule is CC(C)(C)c1nc(C(=O)N2CCC(CN3CCOCC3)CC2)c2ccccn12. The summed E-state index contributed by atoms with van der Waals surface area (Å²) in [6.45, 7) is 13.0. The van der Waals surface area contributed by atoms with Crippen LogP contribution in [0.3, 0.4) is 0 Å². The van der Waals surface area contributed by atoms with Gasteiger partial charge in [-0.15, -0.1) is 0 Å². The van der Waals surface area contributed by atoms with Gasteiger partial charge in [0, 0.05) is 44.3 Å². The molecule has 1 amide bonds. The van der Waals surface area contributed by atoms with E-state index in [2.05, 4.69) is 30.1 Å². The fourth-order valence-corrected chi connectivity index (χ4v) is 4.34. The van der Waals surface area contributed by atoms with Gasteiger partial charge in [0.25, 0.3) is 5.91 Å². The van der Waals surface area contributed by atoms with E-state index < -0.39 is 0 Å². The van der Waals surface area contributed by atoms with Crippen LogP contribution in [0.4, 0.5) is 0 Å². The molecule has 0 saturated carbocycles. The number of carbonyl (C=O) groups excluding carboxylic acids is 1. The molecule has 0 bridgehead atoms. The van der Waals surface area contributed by atoms with Crippen LogP contribution < -0.4 is 0 Å². The fraction of sp³-hybridized carbons (Fsp3) is 0.636. The summed E-state index contributed by atoms with van der Waals surface area (Å²) in [5.74, 6) is 1.68. The third-order valence-corrected chi connectivity index (χ3v) is 5.94. The van der Waals surface area contributed by atoms with Crippen molar-refractivity contribution in [3.63, 3.8) is 0 Å². The highest BCUT2D eigenvalue weighted by Gasteiger charge is 2.30. The van der Waals surface area contributed by atoms with Crippen molar-refractivity contribution >= 4 is 11.4 Å². The molecular formula is C22H32N4O2. The third kappa shape index (κ3) is 3.94. The molecule has 0 unspecified atom stereocenters. The van der Waals surface area contributed by atoms with Crippen LogP contribution in [-0.4, -0.2) is 71.0 Å². The van der Waals surface area contributed by atoms with Crippen molar-refractivity contribution in [1.29, 1.82) is 0 Å². The van der Waals surface area contributed by atoms with Crippen molar-refractivity contribution in [2.24, 2.45) is 5.92 Å². The largest absolute Gasteiger partial charge is 0.379 e. The van der Waals surface area contributed by atoms with E-state index in [1.165, 1.54) is 0 Å². The first-order valence-electron chi connectivity index (χ1n) is 10.5. The number of hydrogen-bond donors (Lipinski definition) is 0. The molecule has 2 saturated heterocycles. The number of aromatic nitrogens is 2. The maximum atomic E-state index is 13.3. The number of likely N-dealkylation sites (tertiary alicyclic amines) is 1. The standard InChI is InChI=1S/C22H32N4O2/c1-22(2,3)21-23-19(18-6-4-5-9-26(18)21)20(27)25-10-7-17(8-11-25)16-24-12-14-28-15-13-24/h4-6,9,17H,7-8,10-16H2,1-3H3. The maximum Gasteiger partial charge on any atom is 0.274 e. The van der Waals surface area contributed by atoms with Gasteiger partial charge in [-0.1, -0.05) is 26.8 Å². The van der Waals surface area contributed by atoms with Crippen LogP contribution in [0.5, 0.6) is 0 Å². The zero-order valence-electron chi connectivity index (χ0n) is 17.4. The number of hydrogen-bond acceptors (Lipinski definition) is 4. The molecule has 0 aliphatic carbocycles. The Labute approximate surface area is 167 Å². The number of amides is 1. The van der Waals surface area contributed by atoms with Crippen molar-refractivity contribution < 1.29 is 9.53 Å². The Hall–Kier alpha value is -1.92. The van der Waals surface area contributed by atoms with E-state index in [1.54, 1.807) is 0 Å². The Kier molecular flexibility index (Phi) is 5.43. The molecule has 2 aliphatic heterocycles. The molecule has 0 N–H and O–H groups in total. The Balaban J connectivity index is 1.46. The van der Waals surface area contributed by atoms with Gasteiger partial charge in [-0.3, -0.25) is 9.69 Å². The average molecular weight is 385 g/mol. The quantitative estimate of drug-likeness (QED) is 0.817. The van der Waals surface area contributed by atoms with Crippen LogP contribution in [0.25, 0.3) is 5.52 Å². The summed E-state index contributed by atoms with van der Waals surface area (Å²) in [5.41, 5.74) is 1.39. The molecule has 2 aromatic heterocycles. The predicted molar refractivity (Wildman–Crippen MR) is 110 cm³/mol. The van der Waals surface area contributed by atoms with Crippen molar-refractivity contribution in [3.05, 3.63) is 35.9 Å². The van der Waals surface area contributed by atoms with Crippen molar-refractivity contribution in [3.8, 4) is 0 Å². The van der Waals surface area contributed by atoms with Crippen LogP contribution in [0.1, 0.15) is 49.9 Å². The second-order valence-corrected chi connectivity index (χ2v) is 9.14. The van der Waals surface area contributed by atoms with Gasteiger partial charge in [-0.2, -0.15) is 0 Å². The monoisotopic (exact) mass is 384 g/mol. The molecule has 4 heterocycles. The van der Waals surface area contributed by atoms with E-state index in [4.69, 9.17) is 9.72 Å². The second kappa shape index (κ2) is 7.84. The molecule has 6 nitrogen and oxygen atoms in total. The first-order chi connectivity index (χ1) is 13.4. The van der Waals surface area contributed by atoms with Gasteiger partial charge < -0.3 is 14.0 Å². The Morgan fingerprint density at radius 3 is 2.54 bits per heavy atom. The van der Waals surface area contributed by atoms with Gasteiger partial charge >= 0.3 is 0 Å². The number of ether oxygens (including phenoxy) is 1. The number of nitrogens with zero attached hydrogens (tertiary/aromatic N) is 4. The van der Waals surface area contributed by atoms with Crippen LogP contribution >= 0.6 is 0 Å². The predicted octanol–water partition coefficient (Wildman–Crippen LogP) is 2.82. The first kappa shape index (κ1) is 19.4. The lowest BCUT2D eigenvalue weighted by atomic mass is 9.95. The van der Waals surface area contributed by atoms with Crippen molar-refractivity contribution in [1.82, 2.24) is 19.2 Å². The smallest absolute Gasteiger partial charge is 0.274 e. The molecule has 0 spiro atoms. The summed E-state index contributed by atoms with van der Waals surface area (Å²) in [6.07, 6.45) is 4.15. The topological polar surface area (TPSA) is 50.1 Å². The number of pyridine rings is 1. The molecule has 152 valence electrons. The number of carbonyl (C=O) groups is 1. The van der Waals surface area contributed by atoms with Crippen LogP contribution in [0.2, 0.25) is 0 Å². The maximum absolute atomic E-state index is 13.3. The van der Waals surface area contributed by atoms with Crippen LogP contribution in [0, 0.1) is 5.92 Å². The molecule has 2 aromatic rings. The first-order valence-corrected chi connectivity index (χ1v) is 10.5. The Morgan fingerprint density at radius 1 is 1.14 bits per heavy atom.